The fraction of sp³-hybridized carbons (Fsp3) is 1.00. The van der Waals surface area contributed by atoms with Crippen LogP contribution in [-0.4, -0.2) is 49.0 Å². The molecular formula is C10H23NO2. The summed E-state index contributed by atoms with van der Waals surface area (Å²) in [5, 5.41) is 8.82. The lowest BCUT2D eigenvalue weighted by atomic mass is 10.3. The third-order valence-corrected chi connectivity index (χ3v) is 2.06. The summed E-state index contributed by atoms with van der Waals surface area (Å²) in [5.74, 6) is 0. The van der Waals surface area contributed by atoms with Crippen molar-refractivity contribution in [2.24, 2.45) is 0 Å². The molecule has 0 aromatic heterocycles. The minimum atomic E-state index is 0.243. The van der Waals surface area contributed by atoms with E-state index in [0.29, 0.717) is 6.04 Å². The number of hydrogen-bond donors (Lipinski definition) is 1. The van der Waals surface area contributed by atoms with Gasteiger partial charge in [0.05, 0.1) is 6.61 Å². The first-order valence-corrected chi connectivity index (χ1v) is 5.15. The lowest BCUT2D eigenvalue weighted by molar-refractivity contribution is 0.115. The molecule has 0 aliphatic carbocycles. The third kappa shape index (κ3) is 6.99. The van der Waals surface area contributed by atoms with Crippen LogP contribution >= 0.6 is 0 Å². The molecule has 3 heteroatoms. The third-order valence-electron chi connectivity index (χ3n) is 2.06. The molecule has 3 nitrogen and oxygen atoms in total. The second-order valence-corrected chi connectivity index (χ2v) is 3.40. The number of rotatable bonds is 8. The van der Waals surface area contributed by atoms with Gasteiger partial charge in [0.25, 0.3) is 0 Å². The van der Waals surface area contributed by atoms with Gasteiger partial charge in [-0.15, -0.1) is 0 Å². The van der Waals surface area contributed by atoms with E-state index < -0.39 is 0 Å². The van der Waals surface area contributed by atoms with E-state index in [-0.39, 0.29) is 6.61 Å². The molecule has 0 aliphatic heterocycles. The number of nitrogens with zero attached hydrogens (tertiary/aromatic N) is 1. The molecule has 1 N–H and O–H groups in total. The zero-order valence-electron chi connectivity index (χ0n) is 9.12. The second kappa shape index (κ2) is 8.48. The van der Waals surface area contributed by atoms with Gasteiger partial charge in [0.2, 0.25) is 0 Å². The zero-order chi connectivity index (χ0) is 10.1. The van der Waals surface area contributed by atoms with Crippen LogP contribution in [0.1, 0.15) is 27.2 Å². The van der Waals surface area contributed by atoms with Crippen LogP contribution in [0.15, 0.2) is 0 Å². The molecule has 13 heavy (non-hydrogen) atoms. The van der Waals surface area contributed by atoms with Crippen molar-refractivity contribution in [1.29, 1.82) is 0 Å². The first-order valence-electron chi connectivity index (χ1n) is 5.15. The summed E-state index contributed by atoms with van der Waals surface area (Å²) in [5.41, 5.74) is 0. The maximum absolute atomic E-state index is 8.82. The molecule has 0 rings (SSSR count). The predicted molar refractivity (Wildman–Crippen MR) is 54.9 cm³/mol. The van der Waals surface area contributed by atoms with Crippen molar-refractivity contribution >= 4 is 0 Å². The summed E-state index contributed by atoms with van der Waals surface area (Å²) < 4.78 is 5.25. The fourth-order valence-corrected chi connectivity index (χ4v) is 1.27. The normalized spacial score (nSPS) is 11.5. The average Bonchev–Trinajstić information content (AvgIpc) is 2.10. The molecule has 80 valence electrons. The van der Waals surface area contributed by atoms with Crippen LogP contribution in [0.2, 0.25) is 0 Å². The standard InChI is InChI=1S/C10H23NO2/c1-4-13-9-5-6-11(7-8-12)10(2)3/h10,12H,4-9H2,1-3H3. The highest BCUT2D eigenvalue weighted by Crippen LogP contribution is 1.98. The Bertz CT molecular complexity index is 107. The molecule has 0 fully saturated rings. The van der Waals surface area contributed by atoms with Crippen LogP contribution in [-0.2, 0) is 4.74 Å². The van der Waals surface area contributed by atoms with Gasteiger partial charge in [-0.3, -0.25) is 4.90 Å². The summed E-state index contributed by atoms with van der Waals surface area (Å²) in [6.07, 6.45) is 1.05. The number of aliphatic hydroxyl groups excluding tert-OH is 1. The first-order chi connectivity index (χ1) is 6.22. The first kappa shape index (κ1) is 12.9. The summed E-state index contributed by atoms with van der Waals surface area (Å²) in [4.78, 5) is 2.26. The molecule has 0 atom stereocenters. The van der Waals surface area contributed by atoms with Gasteiger partial charge in [-0.1, -0.05) is 0 Å². The van der Waals surface area contributed by atoms with Gasteiger partial charge in [0.1, 0.15) is 0 Å². The van der Waals surface area contributed by atoms with Gasteiger partial charge >= 0.3 is 0 Å². The average molecular weight is 189 g/mol. The zero-order valence-corrected chi connectivity index (χ0v) is 9.12. The van der Waals surface area contributed by atoms with Crippen molar-refractivity contribution in [3.05, 3.63) is 0 Å². The summed E-state index contributed by atoms with van der Waals surface area (Å²) in [6.45, 7) is 9.95. The number of aliphatic hydroxyl groups is 1. The fourth-order valence-electron chi connectivity index (χ4n) is 1.27. The summed E-state index contributed by atoms with van der Waals surface area (Å²) in [7, 11) is 0. The van der Waals surface area contributed by atoms with Gasteiger partial charge in [0, 0.05) is 32.3 Å². The smallest absolute Gasteiger partial charge is 0.0558 e. The molecule has 0 unspecified atom stereocenters. The van der Waals surface area contributed by atoms with E-state index in [1.807, 2.05) is 6.92 Å². The highest BCUT2D eigenvalue weighted by molar-refractivity contribution is 4.61. The summed E-state index contributed by atoms with van der Waals surface area (Å²) in [6, 6.07) is 0.508. The lowest BCUT2D eigenvalue weighted by Crippen LogP contribution is -2.34. The maximum atomic E-state index is 8.82. The Morgan fingerprint density at radius 1 is 1.31 bits per heavy atom. The van der Waals surface area contributed by atoms with E-state index in [2.05, 4.69) is 18.7 Å². The Balaban J connectivity index is 3.45. The van der Waals surface area contributed by atoms with Crippen molar-refractivity contribution in [1.82, 2.24) is 4.90 Å². The van der Waals surface area contributed by atoms with E-state index >= 15 is 0 Å². The molecule has 0 saturated carbocycles. The van der Waals surface area contributed by atoms with Crippen LogP contribution in [0.3, 0.4) is 0 Å². The minimum Gasteiger partial charge on any atom is -0.395 e. The van der Waals surface area contributed by atoms with Gasteiger partial charge in [-0.2, -0.15) is 0 Å². The molecule has 0 spiro atoms. The van der Waals surface area contributed by atoms with Crippen molar-refractivity contribution in [2.75, 3.05) is 32.9 Å². The van der Waals surface area contributed by atoms with Gasteiger partial charge < -0.3 is 9.84 Å². The van der Waals surface area contributed by atoms with Gasteiger partial charge in [-0.05, 0) is 27.2 Å². The molecule has 0 radical (unpaired) electrons. The number of ether oxygens (including phenoxy) is 1. The molecule has 0 bridgehead atoms. The van der Waals surface area contributed by atoms with Crippen LogP contribution in [0.4, 0.5) is 0 Å². The Morgan fingerprint density at radius 3 is 2.46 bits per heavy atom. The predicted octanol–water partition coefficient (Wildman–Crippen LogP) is 1.12. The molecule has 0 aromatic rings. The van der Waals surface area contributed by atoms with Crippen LogP contribution in [0.25, 0.3) is 0 Å². The van der Waals surface area contributed by atoms with Crippen LogP contribution < -0.4 is 0 Å². The van der Waals surface area contributed by atoms with Crippen molar-refractivity contribution in [3.63, 3.8) is 0 Å². The SMILES string of the molecule is CCOCCCN(CCO)C(C)C. The highest BCUT2D eigenvalue weighted by atomic mass is 16.5. The number of hydrogen-bond acceptors (Lipinski definition) is 3. The van der Waals surface area contributed by atoms with E-state index in [1.165, 1.54) is 0 Å². The largest absolute Gasteiger partial charge is 0.395 e. The van der Waals surface area contributed by atoms with Crippen LogP contribution in [0, 0.1) is 0 Å². The molecule has 0 amide bonds. The molecule has 0 aromatic carbocycles. The van der Waals surface area contributed by atoms with Crippen molar-refractivity contribution in [2.45, 2.75) is 33.2 Å². The monoisotopic (exact) mass is 189 g/mol. The topological polar surface area (TPSA) is 32.7 Å². The van der Waals surface area contributed by atoms with Crippen LogP contribution in [0.5, 0.6) is 0 Å². The Hall–Kier alpha value is -0.120. The second-order valence-electron chi connectivity index (χ2n) is 3.40. The minimum absolute atomic E-state index is 0.243. The van der Waals surface area contributed by atoms with Gasteiger partial charge in [0.15, 0.2) is 0 Å². The van der Waals surface area contributed by atoms with Crippen molar-refractivity contribution in [3.8, 4) is 0 Å². The van der Waals surface area contributed by atoms with E-state index in [4.69, 9.17) is 9.84 Å². The molecule has 0 aliphatic rings. The highest BCUT2D eigenvalue weighted by Gasteiger charge is 2.07. The summed E-state index contributed by atoms with van der Waals surface area (Å²) >= 11 is 0. The van der Waals surface area contributed by atoms with E-state index in [9.17, 15) is 0 Å². The lowest BCUT2D eigenvalue weighted by Gasteiger charge is -2.25. The van der Waals surface area contributed by atoms with E-state index in [1.54, 1.807) is 0 Å². The van der Waals surface area contributed by atoms with E-state index in [0.717, 1.165) is 32.7 Å². The molecule has 0 saturated heterocycles. The van der Waals surface area contributed by atoms with Crippen molar-refractivity contribution < 1.29 is 9.84 Å². The molecule has 0 heterocycles. The quantitative estimate of drug-likeness (QED) is 0.581. The van der Waals surface area contributed by atoms with Gasteiger partial charge in [-0.25, -0.2) is 0 Å². The Labute approximate surface area is 81.7 Å². The molecular weight excluding hydrogens is 166 g/mol. The Kier molecular flexibility index (Phi) is 8.40. The Morgan fingerprint density at radius 2 is 2.00 bits per heavy atom. The maximum Gasteiger partial charge on any atom is 0.0558 e.